The first kappa shape index (κ1) is 14.1. The van der Waals surface area contributed by atoms with Crippen molar-refractivity contribution < 1.29 is 14.6 Å². The number of hydrogen-bond donors (Lipinski definition) is 1. The number of aromatic hydroxyl groups is 1. The molecule has 1 aromatic carbocycles. The van der Waals surface area contributed by atoms with Crippen molar-refractivity contribution >= 4 is 32.8 Å². The molecule has 0 saturated carbocycles. The molecule has 1 aliphatic heterocycles. The number of rotatable bonds is 2. The second-order valence-corrected chi connectivity index (χ2v) is 5.78. The fraction of sp³-hybridized carbons (Fsp3) is 0.333. The highest BCUT2D eigenvalue weighted by Gasteiger charge is 2.26. The Kier molecular flexibility index (Phi) is 3.49. The van der Waals surface area contributed by atoms with Gasteiger partial charge in [-0.2, -0.15) is 0 Å². The highest BCUT2D eigenvalue weighted by molar-refractivity contribution is 9.10. The van der Waals surface area contributed by atoms with E-state index in [1.165, 1.54) is 0 Å². The van der Waals surface area contributed by atoms with Crippen LogP contribution in [0.5, 0.6) is 5.75 Å². The average Bonchev–Trinajstić information content (AvgIpc) is 2.46. The number of aryl methyl sites for hydroxylation is 2. The van der Waals surface area contributed by atoms with E-state index in [1.54, 1.807) is 17.6 Å². The number of nitrogens with zero attached hydrogens (tertiary/aromatic N) is 1. The van der Waals surface area contributed by atoms with Crippen molar-refractivity contribution in [1.82, 2.24) is 4.57 Å². The first-order valence-electron chi connectivity index (χ1n) is 6.80. The third-order valence-corrected chi connectivity index (χ3v) is 4.48. The van der Waals surface area contributed by atoms with Crippen LogP contribution in [0.1, 0.15) is 29.3 Å². The van der Waals surface area contributed by atoms with Crippen LogP contribution in [0.25, 0.3) is 10.9 Å². The first-order valence-corrected chi connectivity index (χ1v) is 7.59. The van der Waals surface area contributed by atoms with E-state index in [4.69, 9.17) is 4.74 Å². The predicted molar refractivity (Wildman–Crippen MR) is 81.9 cm³/mol. The van der Waals surface area contributed by atoms with Crippen molar-refractivity contribution in [2.24, 2.45) is 0 Å². The lowest BCUT2D eigenvalue weighted by molar-refractivity contribution is 0.0520. The number of esters is 1. The normalized spacial score (nSPS) is 13.4. The minimum absolute atomic E-state index is 0.154. The third kappa shape index (κ3) is 2.05. The maximum Gasteiger partial charge on any atom is 0.347 e. The van der Waals surface area contributed by atoms with Gasteiger partial charge in [0.15, 0.2) is 5.56 Å². The predicted octanol–water partition coefficient (Wildman–Crippen LogP) is 2.59. The number of pyridine rings is 1. The van der Waals surface area contributed by atoms with Crippen LogP contribution in [0, 0.1) is 0 Å². The fourth-order valence-corrected chi connectivity index (χ4v) is 3.35. The van der Waals surface area contributed by atoms with Crippen LogP contribution in [-0.2, 0) is 17.7 Å². The molecule has 21 heavy (non-hydrogen) atoms. The molecule has 0 atom stereocenters. The van der Waals surface area contributed by atoms with Gasteiger partial charge in [0.05, 0.1) is 12.1 Å². The Hall–Kier alpha value is -1.82. The van der Waals surface area contributed by atoms with Crippen LogP contribution in [0.3, 0.4) is 0 Å². The Morgan fingerprint density at radius 3 is 2.95 bits per heavy atom. The number of aromatic nitrogens is 1. The van der Waals surface area contributed by atoms with Crippen molar-refractivity contribution in [3.8, 4) is 5.75 Å². The molecule has 1 aliphatic rings. The summed E-state index contributed by atoms with van der Waals surface area (Å²) >= 11 is 3.48. The molecule has 1 N–H and O–H groups in total. The summed E-state index contributed by atoms with van der Waals surface area (Å²) in [5.41, 5.74) is 0.921. The van der Waals surface area contributed by atoms with Crippen molar-refractivity contribution in [1.29, 1.82) is 0 Å². The molecule has 1 aromatic heterocycles. The lowest BCUT2D eigenvalue weighted by Gasteiger charge is -2.22. The van der Waals surface area contributed by atoms with Crippen LogP contribution in [-0.4, -0.2) is 22.2 Å². The zero-order chi connectivity index (χ0) is 15.1. The van der Waals surface area contributed by atoms with Gasteiger partial charge in [-0.15, -0.1) is 0 Å². The maximum atomic E-state index is 12.5. The van der Waals surface area contributed by atoms with E-state index < -0.39 is 11.5 Å². The van der Waals surface area contributed by atoms with E-state index in [9.17, 15) is 14.7 Å². The Morgan fingerprint density at radius 1 is 1.48 bits per heavy atom. The second-order valence-electron chi connectivity index (χ2n) is 4.93. The monoisotopic (exact) mass is 351 g/mol. The van der Waals surface area contributed by atoms with E-state index in [1.807, 2.05) is 6.07 Å². The molecule has 0 aliphatic carbocycles. The van der Waals surface area contributed by atoms with Crippen LogP contribution in [0.2, 0.25) is 0 Å². The molecule has 5 nitrogen and oxygen atoms in total. The van der Waals surface area contributed by atoms with Gasteiger partial charge in [-0.05, 0) is 37.5 Å². The summed E-state index contributed by atoms with van der Waals surface area (Å²) in [6.45, 7) is 2.35. The number of hydrogen-bond acceptors (Lipinski definition) is 4. The Bertz CT molecular complexity index is 810. The molecule has 6 heteroatoms. The van der Waals surface area contributed by atoms with Gasteiger partial charge in [-0.25, -0.2) is 4.79 Å². The summed E-state index contributed by atoms with van der Waals surface area (Å²) in [5.74, 6) is -1.07. The molecular formula is C15H14BrNO4. The zero-order valence-corrected chi connectivity index (χ0v) is 13.1. The molecule has 110 valence electrons. The van der Waals surface area contributed by atoms with Gasteiger partial charge < -0.3 is 14.4 Å². The van der Waals surface area contributed by atoms with Gasteiger partial charge in [0, 0.05) is 16.4 Å². The van der Waals surface area contributed by atoms with Gasteiger partial charge >= 0.3 is 5.97 Å². The molecule has 0 amide bonds. The second kappa shape index (κ2) is 5.18. The fourth-order valence-electron chi connectivity index (χ4n) is 2.84. The van der Waals surface area contributed by atoms with E-state index in [0.717, 1.165) is 22.9 Å². The highest BCUT2D eigenvalue weighted by Crippen LogP contribution is 2.35. The molecule has 0 radical (unpaired) electrons. The van der Waals surface area contributed by atoms with Crippen LogP contribution < -0.4 is 5.56 Å². The van der Waals surface area contributed by atoms with Crippen LogP contribution in [0.15, 0.2) is 21.4 Å². The zero-order valence-electron chi connectivity index (χ0n) is 11.5. The van der Waals surface area contributed by atoms with Gasteiger partial charge in [0.1, 0.15) is 5.75 Å². The van der Waals surface area contributed by atoms with E-state index in [0.29, 0.717) is 17.4 Å². The number of carbonyl (C=O) groups excluding carboxylic acids is 1. The average molecular weight is 352 g/mol. The molecule has 0 fully saturated rings. The summed E-state index contributed by atoms with van der Waals surface area (Å²) in [7, 11) is 0. The lowest BCUT2D eigenvalue weighted by Crippen LogP contribution is -2.30. The van der Waals surface area contributed by atoms with Crippen molar-refractivity contribution in [2.75, 3.05) is 6.61 Å². The number of benzene rings is 1. The first-order chi connectivity index (χ1) is 10.1. The van der Waals surface area contributed by atoms with E-state index >= 15 is 0 Å². The van der Waals surface area contributed by atoms with Crippen LogP contribution >= 0.6 is 15.9 Å². The Balaban J connectivity index is 2.43. The smallest absolute Gasteiger partial charge is 0.347 e. The van der Waals surface area contributed by atoms with Gasteiger partial charge in [0.25, 0.3) is 5.56 Å². The number of halogens is 1. The molecular weight excluding hydrogens is 338 g/mol. The molecule has 0 spiro atoms. The Morgan fingerprint density at radius 2 is 2.24 bits per heavy atom. The molecule has 2 aromatic rings. The van der Waals surface area contributed by atoms with Gasteiger partial charge in [-0.3, -0.25) is 4.79 Å². The molecule has 2 heterocycles. The summed E-state index contributed by atoms with van der Waals surface area (Å²) in [6, 6.07) is 3.54. The minimum Gasteiger partial charge on any atom is -0.506 e. The van der Waals surface area contributed by atoms with E-state index in [2.05, 4.69) is 15.9 Å². The quantitative estimate of drug-likeness (QED) is 0.844. The minimum atomic E-state index is -0.777. The Labute approximate surface area is 129 Å². The number of carbonyl (C=O) groups is 1. The van der Waals surface area contributed by atoms with Gasteiger partial charge in [0.2, 0.25) is 0 Å². The topological polar surface area (TPSA) is 68.5 Å². The largest absolute Gasteiger partial charge is 0.506 e. The van der Waals surface area contributed by atoms with Crippen molar-refractivity contribution in [3.05, 3.63) is 38.1 Å². The standard InChI is InChI=1S/C15H14BrNO4/c1-2-21-15(20)11-13(18)9-5-6-10(16)8-4-3-7-17(12(8)9)14(11)19/h5-6,18H,2-4,7H2,1H3. The van der Waals surface area contributed by atoms with Crippen LogP contribution in [0.4, 0.5) is 0 Å². The van der Waals surface area contributed by atoms with E-state index in [-0.39, 0.29) is 17.9 Å². The van der Waals surface area contributed by atoms with Gasteiger partial charge in [-0.1, -0.05) is 15.9 Å². The SMILES string of the molecule is CCOC(=O)c1c(O)c2ccc(Br)c3c2n(c1=O)CCC3. The molecule has 3 rings (SSSR count). The summed E-state index contributed by atoms with van der Waals surface area (Å²) in [5, 5.41) is 10.9. The maximum absolute atomic E-state index is 12.5. The third-order valence-electron chi connectivity index (χ3n) is 3.73. The summed E-state index contributed by atoms with van der Waals surface area (Å²) < 4.78 is 7.36. The molecule has 0 bridgehead atoms. The van der Waals surface area contributed by atoms with Crippen molar-refractivity contribution in [3.63, 3.8) is 0 Å². The number of ether oxygens (including phenoxy) is 1. The lowest BCUT2D eigenvalue weighted by atomic mass is 9.99. The summed E-state index contributed by atoms with van der Waals surface area (Å²) in [6.07, 6.45) is 1.65. The molecule has 0 saturated heterocycles. The van der Waals surface area contributed by atoms with Crippen molar-refractivity contribution in [2.45, 2.75) is 26.3 Å². The summed E-state index contributed by atoms with van der Waals surface area (Å²) in [4.78, 5) is 24.5. The molecule has 0 unspecified atom stereocenters. The highest BCUT2D eigenvalue weighted by atomic mass is 79.9.